The van der Waals surface area contributed by atoms with Crippen LogP contribution in [0.4, 0.5) is 19.1 Å². The van der Waals surface area contributed by atoms with Gasteiger partial charge in [-0.05, 0) is 48.7 Å². The molecule has 0 aliphatic heterocycles. The van der Waals surface area contributed by atoms with Crippen LogP contribution in [0, 0.1) is 0 Å². The summed E-state index contributed by atoms with van der Waals surface area (Å²) in [7, 11) is 0. The Morgan fingerprint density at radius 3 is 2.20 bits per heavy atom. The number of benzene rings is 3. The minimum atomic E-state index is -4.39. The predicted molar refractivity (Wildman–Crippen MR) is 114 cm³/mol. The lowest BCUT2D eigenvalue weighted by Gasteiger charge is -2.14. The van der Waals surface area contributed by atoms with Crippen molar-refractivity contribution in [2.45, 2.75) is 32.6 Å². The maximum Gasteiger partial charge on any atom is 0.416 e. The molecule has 3 nitrogen and oxygen atoms in total. The number of hydrogen-bond acceptors (Lipinski definition) is 2. The summed E-state index contributed by atoms with van der Waals surface area (Å²) in [6.07, 6.45) is -4.39. The van der Waals surface area contributed by atoms with Gasteiger partial charge in [0.2, 0.25) is 5.95 Å². The molecule has 0 saturated heterocycles. The highest BCUT2D eigenvalue weighted by Crippen LogP contribution is 2.33. The molecule has 0 unspecified atom stereocenters. The molecule has 0 saturated carbocycles. The molecule has 0 aliphatic rings. The molecule has 154 valence electrons. The fraction of sp³-hybridized carbons (Fsp3) is 0.208. The van der Waals surface area contributed by atoms with Crippen LogP contribution in [-0.4, -0.2) is 9.55 Å². The maximum atomic E-state index is 13.1. The van der Waals surface area contributed by atoms with Crippen molar-refractivity contribution < 1.29 is 13.2 Å². The summed E-state index contributed by atoms with van der Waals surface area (Å²) >= 11 is 0. The van der Waals surface area contributed by atoms with Crippen LogP contribution in [0.3, 0.4) is 0 Å². The monoisotopic (exact) mass is 409 g/mol. The topological polar surface area (TPSA) is 29.9 Å². The summed E-state index contributed by atoms with van der Waals surface area (Å²) < 4.78 is 41.1. The summed E-state index contributed by atoms with van der Waals surface area (Å²) in [6.45, 7) is 4.49. The van der Waals surface area contributed by atoms with Crippen LogP contribution in [0.15, 0.2) is 72.8 Å². The van der Waals surface area contributed by atoms with Gasteiger partial charge in [0.25, 0.3) is 0 Å². The van der Waals surface area contributed by atoms with Crippen molar-refractivity contribution in [1.29, 1.82) is 0 Å². The first kappa shape index (κ1) is 20.0. The Bertz CT molecular complexity index is 1140. The molecule has 1 N–H and O–H groups in total. The van der Waals surface area contributed by atoms with E-state index in [1.165, 1.54) is 6.07 Å². The Morgan fingerprint density at radius 2 is 1.57 bits per heavy atom. The minimum absolute atomic E-state index is 0.0506. The molecule has 4 aromatic rings. The minimum Gasteiger partial charge on any atom is -0.352 e. The van der Waals surface area contributed by atoms with Crippen LogP contribution in [0.25, 0.3) is 22.2 Å². The number of nitrogens with zero attached hydrogens (tertiary/aromatic N) is 2. The molecule has 1 heterocycles. The van der Waals surface area contributed by atoms with Crippen molar-refractivity contribution in [3.05, 3.63) is 83.9 Å². The van der Waals surface area contributed by atoms with Crippen molar-refractivity contribution in [3.8, 4) is 11.1 Å². The quantitative estimate of drug-likeness (QED) is 0.388. The molecular weight excluding hydrogens is 387 g/mol. The summed E-state index contributed by atoms with van der Waals surface area (Å²) in [6, 6.07) is 22.1. The average Bonchev–Trinajstić information content (AvgIpc) is 3.10. The second-order valence-electron chi connectivity index (χ2n) is 7.52. The second kappa shape index (κ2) is 7.86. The second-order valence-corrected chi connectivity index (χ2v) is 7.52. The van der Waals surface area contributed by atoms with Gasteiger partial charge >= 0.3 is 6.18 Å². The van der Waals surface area contributed by atoms with Crippen molar-refractivity contribution in [3.63, 3.8) is 0 Å². The van der Waals surface area contributed by atoms with Crippen LogP contribution < -0.4 is 5.32 Å². The highest BCUT2D eigenvalue weighted by molar-refractivity contribution is 5.80. The first-order valence-electron chi connectivity index (χ1n) is 9.80. The van der Waals surface area contributed by atoms with Gasteiger partial charge in [-0.15, -0.1) is 0 Å². The van der Waals surface area contributed by atoms with Gasteiger partial charge in [-0.25, -0.2) is 4.98 Å². The number of halogens is 3. The van der Waals surface area contributed by atoms with Crippen LogP contribution >= 0.6 is 0 Å². The Kier molecular flexibility index (Phi) is 5.24. The van der Waals surface area contributed by atoms with Crippen molar-refractivity contribution in [1.82, 2.24) is 9.55 Å². The van der Waals surface area contributed by atoms with Gasteiger partial charge in [0.15, 0.2) is 0 Å². The maximum absolute atomic E-state index is 13.1. The largest absolute Gasteiger partial charge is 0.416 e. The first-order chi connectivity index (χ1) is 14.3. The Labute approximate surface area is 173 Å². The van der Waals surface area contributed by atoms with E-state index < -0.39 is 11.7 Å². The number of hydrogen-bond donors (Lipinski definition) is 1. The lowest BCUT2D eigenvalue weighted by molar-refractivity contribution is -0.137. The van der Waals surface area contributed by atoms with E-state index in [0.717, 1.165) is 28.8 Å². The number of anilines is 1. The van der Waals surface area contributed by atoms with Gasteiger partial charge in [0, 0.05) is 12.6 Å². The zero-order valence-corrected chi connectivity index (χ0v) is 16.7. The Balaban J connectivity index is 1.58. The van der Waals surface area contributed by atoms with Gasteiger partial charge in [-0.2, -0.15) is 13.2 Å². The normalized spacial score (nSPS) is 11.9. The molecule has 0 bridgehead atoms. The molecule has 0 fully saturated rings. The number of alkyl halides is 3. The fourth-order valence-electron chi connectivity index (χ4n) is 3.55. The van der Waals surface area contributed by atoms with E-state index in [2.05, 4.69) is 34.6 Å². The molecule has 0 atom stereocenters. The molecule has 0 radical (unpaired) electrons. The molecule has 3 aromatic carbocycles. The number of nitrogens with one attached hydrogen (secondary N) is 1. The SMILES string of the molecule is CC(C)n1c(NCc2ccc(-c3ccccc3)cc2)nc2cc(C(F)(F)F)ccc21. The fourth-order valence-corrected chi connectivity index (χ4v) is 3.55. The highest BCUT2D eigenvalue weighted by Gasteiger charge is 2.31. The molecule has 4 rings (SSSR count). The van der Waals surface area contributed by atoms with Gasteiger partial charge in [0.1, 0.15) is 0 Å². The van der Waals surface area contributed by atoms with Crippen LogP contribution in [-0.2, 0) is 12.7 Å². The Hall–Kier alpha value is -3.28. The molecule has 0 aliphatic carbocycles. The van der Waals surface area contributed by atoms with Gasteiger partial charge in [0.05, 0.1) is 16.6 Å². The standard InChI is InChI=1S/C24H22F3N3/c1-16(2)30-22-13-12-20(24(25,26)27)14-21(22)29-23(30)28-15-17-8-10-19(11-9-17)18-6-4-3-5-7-18/h3-14,16H,15H2,1-2H3,(H,28,29). The van der Waals surface area contributed by atoms with E-state index in [1.54, 1.807) is 0 Å². The van der Waals surface area contributed by atoms with Crippen LogP contribution in [0.1, 0.15) is 31.0 Å². The van der Waals surface area contributed by atoms with Crippen LogP contribution in [0.2, 0.25) is 0 Å². The highest BCUT2D eigenvalue weighted by atomic mass is 19.4. The summed E-state index contributed by atoms with van der Waals surface area (Å²) in [4.78, 5) is 4.44. The van der Waals surface area contributed by atoms with Crippen molar-refractivity contribution in [2.24, 2.45) is 0 Å². The van der Waals surface area contributed by atoms with Gasteiger partial charge in [-0.3, -0.25) is 0 Å². The zero-order chi connectivity index (χ0) is 21.3. The predicted octanol–water partition coefficient (Wildman–Crippen LogP) is 6.92. The van der Waals surface area contributed by atoms with E-state index in [-0.39, 0.29) is 6.04 Å². The van der Waals surface area contributed by atoms with E-state index >= 15 is 0 Å². The molecule has 1 aromatic heterocycles. The number of aromatic nitrogens is 2. The third-order valence-electron chi connectivity index (χ3n) is 5.04. The van der Waals surface area contributed by atoms with Crippen LogP contribution in [0.5, 0.6) is 0 Å². The van der Waals surface area contributed by atoms with Gasteiger partial charge < -0.3 is 9.88 Å². The van der Waals surface area contributed by atoms with Crippen molar-refractivity contribution >= 4 is 17.0 Å². The van der Waals surface area contributed by atoms with Crippen molar-refractivity contribution in [2.75, 3.05) is 5.32 Å². The number of rotatable bonds is 5. The average molecular weight is 409 g/mol. The molecule has 0 amide bonds. The molecule has 30 heavy (non-hydrogen) atoms. The lowest BCUT2D eigenvalue weighted by Crippen LogP contribution is -2.09. The van der Waals surface area contributed by atoms with E-state index in [1.807, 2.05) is 48.7 Å². The molecule has 0 spiro atoms. The summed E-state index contributed by atoms with van der Waals surface area (Å²) in [5, 5.41) is 3.29. The first-order valence-corrected chi connectivity index (χ1v) is 9.80. The summed E-state index contributed by atoms with van der Waals surface area (Å²) in [5.74, 6) is 0.562. The van der Waals surface area contributed by atoms with Gasteiger partial charge in [-0.1, -0.05) is 54.6 Å². The molecular formula is C24H22F3N3. The summed E-state index contributed by atoms with van der Waals surface area (Å²) in [5.41, 5.74) is 3.67. The molecule has 6 heteroatoms. The third kappa shape index (κ3) is 4.03. The zero-order valence-electron chi connectivity index (χ0n) is 16.7. The number of fused-ring (bicyclic) bond motifs is 1. The smallest absolute Gasteiger partial charge is 0.352 e. The lowest BCUT2D eigenvalue weighted by atomic mass is 10.0. The number of imidazole rings is 1. The van der Waals surface area contributed by atoms with E-state index in [9.17, 15) is 13.2 Å². The Morgan fingerprint density at radius 1 is 0.900 bits per heavy atom. The van der Waals surface area contributed by atoms with E-state index in [4.69, 9.17) is 0 Å². The van der Waals surface area contributed by atoms with E-state index in [0.29, 0.717) is 23.5 Å². The third-order valence-corrected chi connectivity index (χ3v) is 5.04.